The van der Waals surface area contributed by atoms with E-state index >= 15 is 0 Å². The summed E-state index contributed by atoms with van der Waals surface area (Å²) < 4.78 is 4.93. The summed E-state index contributed by atoms with van der Waals surface area (Å²) in [7, 11) is 0. The Hall–Kier alpha value is -2.13. The van der Waals surface area contributed by atoms with Crippen molar-refractivity contribution in [2.45, 2.75) is 13.8 Å². The second-order valence-electron chi connectivity index (χ2n) is 4.23. The maximum atomic E-state index is 11.4. The molecule has 0 aliphatic carbocycles. The van der Waals surface area contributed by atoms with Crippen LogP contribution in [-0.4, -0.2) is 17.8 Å². The quantitative estimate of drug-likeness (QED) is 0.831. The molecule has 0 radical (unpaired) electrons. The van der Waals surface area contributed by atoms with Gasteiger partial charge in [-0.05, 0) is 30.3 Å². The van der Waals surface area contributed by atoms with Gasteiger partial charge in [-0.1, -0.05) is 26.0 Å². The van der Waals surface area contributed by atoms with E-state index in [9.17, 15) is 4.79 Å². The molecule has 19 heavy (non-hydrogen) atoms. The monoisotopic (exact) mass is 277 g/mol. The molecule has 6 heteroatoms. The highest BCUT2D eigenvalue weighted by molar-refractivity contribution is 7.80. The lowest BCUT2D eigenvalue weighted by molar-refractivity contribution is 0.138. The fraction of sp³-hybridized carbons (Fsp3) is 0.308. The van der Waals surface area contributed by atoms with Crippen molar-refractivity contribution < 1.29 is 9.53 Å². The standard InChI is InChI=1S/C13H15N3O2S/c1-9(2)8-18-13(17)16-12(19)15-11-6-4-3-5-10(11)7-14/h3-6,9H,8H2,1-2H3,(H2,15,16,17,19). The molecule has 0 aromatic heterocycles. The number of benzene rings is 1. The first kappa shape index (κ1) is 14.9. The van der Waals surface area contributed by atoms with Crippen molar-refractivity contribution in [3.63, 3.8) is 0 Å². The van der Waals surface area contributed by atoms with Gasteiger partial charge in [0.1, 0.15) is 6.07 Å². The molecule has 0 bridgehead atoms. The van der Waals surface area contributed by atoms with Crippen molar-refractivity contribution in [2.75, 3.05) is 11.9 Å². The van der Waals surface area contributed by atoms with Crippen LogP contribution in [-0.2, 0) is 4.74 Å². The Bertz CT molecular complexity index is 509. The van der Waals surface area contributed by atoms with Gasteiger partial charge in [0.25, 0.3) is 0 Å². The summed E-state index contributed by atoms with van der Waals surface area (Å²) in [6.07, 6.45) is -0.611. The molecule has 1 aromatic carbocycles. The number of nitriles is 1. The molecule has 1 amide bonds. The lowest BCUT2D eigenvalue weighted by atomic mass is 10.2. The van der Waals surface area contributed by atoms with Gasteiger partial charge in [0.15, 0.2) is 5.11 Å². The number of hydrogen-bond acceptors (Lipinski definition) is 4. The first-order valence-corrected chi connectivity index (χ1v) is 6.17. The van der Waals surface area contributed by atoms with E-state index < -0.39 is 6.09 Å². The number of ether oxygens (including phenoxy) is 1. The van der Waals surface area contributed by atoms with Crippen LogP contribution in [0.15, 0.2) is 24.3 Å². The van der Waals surface area contributed by atoms with Crippen LogP contribution in [0.5, 0.6) is 0 Å². The van der Waals surface area contributed by atoms with Crippen molar-refractivity contribution >= 4 is 29.1 Å². The van der Waals surface area contributed by atoms with E-state index in [1.165, 1.54) is 0 Å². The molecule has 1 aromatic rings. The fourth-order valence-corrected chi connectivity index (χ4v) is 1.41. The number of carbonyl (C=O) groups excluding carboxylic acids is 1. The summed E-state index contributed by atoms with van der Waals surface area (Å²) >= 11 is 4.97. The minimum atomic E-state index is -0.611. The van der Waals surface area contributed by atoms with Gasteiger partial charge in [-0.15, -0.1) is 0 Å². The first-order valence-electron chi connectivity index (χ1n) is 5.76. The number of anilines is 1. The Morgan fingerprint density at radius 2 is 2.16 bits per heavy atom. The molecule has 0 aliphatic rings. The summed E-state index contributed by atoms with van der Waals surface area (Å²) in [5.41, 5.74) is 0.987. The second kappa shape index (κ2) is 7.34. The van der Waals surface area contributed by atoms with E-state index in [0.717, 1.165) is 0 Å². The van der Waals surface area contributed by atoms with Crippen LogP contribution in [0.25, 0.3) is 0 Å². The molecular formula is C13H15N3O2S. The van der Waals surface area contributed by atoms with Crippen molar-refractivity contribution in [2.24, 2.45) is 5.92 Å². The maximum Gasteiger partial charge on any atom is 0.413 e. The Morgan fingerprint density at radius 1 is 1.47 bits per heavy atom. The Labute approximate surface area is 117 Å². The number of alkyl carbamates (subject to hydrolysis) is 1. The van der Waals surface area contributed by atoms with Crippen LogP contribution in [0.3, 0.4) is 0 Å². The average molecular weight is 277 g/mol. The lowest BCUT2D eigenvalue weighted by Crippen LogP contribution is -2.35. The van der Waals surface area contributed by atoms with Gasteiger partial charge < -0.3 is 10.1 Å². The first-order chi connectivity index (χ1) is 9.02. The Morgan fingerprint density at radius 3 is 2.79 bits per heavy atom. The number of nitrogens with zero attached hydrogens (tertiary/aromatic N) is 1. The summed E-state index contributed by atoms with van der Waals surface area (Å²) in [5.74, 6) is 0.256. The number of amides is 1. The smallest absolute Gasteiger partial charge is 0.413 e. The van der Waals surface area contributed by atoms with Crippen LogP contribution in [0.2, 0.25) is 0 Å². The van der Waals surface area contributed by atoms with Crippen LogP contribution in [0, 0.1) is 17.2 Å². The molecule has 2 N–H and O–H groups in total. The van der Waals surface area contributed by atoms with E-state index in [2.05, 4.69) is 10.6 Å². The summed E-state index contributed by atoms with van der Waals surface area (Å²) in [6.45, 7) is 4.20. The Balaban J connectivity index is 2.52. The van der Waals surface area contributed by atoms with Gasteiger partial charge in [-0.25, -0.2) is 4.79 Å². The Kier molecular flexibility index (Phi) is 5.76. The van der Waals surface area contributed by atoms with Crippen molar-refractivity contribution in [3.05, 3.63) is 29.8 Å². The molecule has 0 aliphatic heterocycles. The third-order valence-electron chi connectivity index (χ3n) is 2.06. The number of thiocarbonyl (C=S) groups is 1. The third-order valence-corrected chi connectivity index (χ3v) is 2.26. The van der Waals surface area contributed by atoms with Gasteiger partial charge in [-0.3, -0.25) is 5.32 Å². The predicted molar refractivity (Wildman–Crippen MR) is 76.7 cm³/mol. The number of hydrogen-bond donors (Lipinski definition) is 2. The molecule has 0 spiro atoms. The number of rotatable bonds is 3. The van der Waals surface area contributed by atoms with E-state index in [-0.39, 0.29) is 11.0 Å². The van der Waals surface area contributed by atoms with Gasteiger partial charge >= 0.3 is 6.09 Å². The molecule has 1 rings (SSSR count). The predicted octanol–water partition coefficient (Wildman–Crippen LogP) is 2.64. The van der Waals surface area contributed by atoms with E-state index in [4.69, 9.17) is 22.2 Å². The highest BCUT2D eigenvalue weighted by Gasteiger charge is 2.08. The average Bonchev–Trinajstić information content (AvgIpc) is 2.37. The third kappa shape index (κ3) is 5.36. The van der Waals surface area contributed by atoms with Gasteiger partial charge in [0, 0.05) is 0 Å². The minimum Gasteiger partial charge on any atom is -0.449 e. The van der Waals surface area contributed by atoms with Gasteiger partial charge in [0.05, 0.1) is 17.9 Å². The highest BCUT2D eigenvalue weighted by atomic mass is 32.1. The van der Waals surface area contributed by atoms with E-state index in [1.54, 1.807) is 24.3 Å². The summed E-state index contributed by atoms with van der Waals surface area (Å²) in [5, 5.41) is 14.2. The fourth-order valence-electron chi connectivity index (χ4n) is 1.21. The maximum absolute atomic E-state index is 11.4. The van der Waals surface area contributed by atoms with E-state index in [0.29, 0.717) is 17.9 Å². The van der Waals surface area contributed by atoms with Crippen LogP contribution >= 0.6 is 12.2 Å². The van der Waals surface area contributed by atoms with Gasteiger partial charge in [-0.2, -0.15) is 5.26 Å². The zero-order valence-corrected chi connectivity index (χ0v) is 11.6. The number of para-hydroxylation sites is 1. The van der Waals surface area contributed by atoms with Crippen LogP contribution in [0.4, 0.5) is 10.5 Å². The molecule has 0 saturated carbocycles. The zero-order chi connectivity index (χ0) is 14.3. The lowest BCUT2D eigenvalue weighted by Gasteiger charge is -2.11. The van der Waals surface area contributed by atoms with Crippen LogP contribution < -0.4 is 10.6 Å². The summed E-state index contributed by atoms with van der Waals surface area (Å²) in [6, 6.07) is 8.90. The second-order valence-corrected chi connectivity index (χ2v) is 4.64. The molecule has 0 fully saturated rings. The molecule has 100 valence electrons. The molecule has 5 nitrogen and oxygen atoms in total. The van der Waals surface area contributed by atoms with Crippen LogP contribution in [0.1, 0.15) is 19.4 Å². The minimum absolute atomic E-state index is 0.0939. The van der Waals surface area contributed by atoms with E-state index in [1.807, 2.05) is 19.9 Å². The summed E-state index contributed by atoms with van der Waals surface area (Å²) in [4.78, 5) is 11.4. The van der Waals surface area contributed by atoms with Gasteiger partial charge in [0.2, 0.25) is 0 Å². The molecule has 0 atom stereocenters. The molecule has 0 saturated heterocycles. The molecule has 0 heterocycles. The zero-order valence-electron chi connectivity index (χ0n) is 10.8. The largest absolute Gasteiger partial charge is 0.449 e. The molecule has 0 unspecified atom stereocenters. The topological polar surface area (TPSA) is 74.2 Å². The molecular weight excluding hydrogens is 262 g/mol. The number of nitrogens with one attached hydrogen (secondary N) is 2. The van der Waals surface area contributed by atoms with Crippen molar-refractivity contribution in [3.8, 4) is 6.07 Å². The van der Waals surface area contributed by atoms with Crippen molar-refractivity contribution in [1.82, 2.24) is 5.32 Å². The highest BCUT2D eigenvalue weighted by Crippen LogP contribution is 2.13. The SMILES string of the molecule is CC(C)COC(=O)NC(=S)Nc1ccccc1C#N. The number of carbonyl (C=O) groups is 1. The van der Waals surface area contributed by atoms with Crippen molar-refractivity contribution in [1.29, 1.82) is 5.26 Å². The normalized spacial score (nSPS) is 9.58.